The van der Waals surface area contributed by atoms with Crippen molar-refractivity contribution in [1.29, 1.82) is 0 Å². The van der Waals surface area contributed by atoms with Gasteiger partial charge in [-0.3, -0.25) is 14.4 Å². The van der Waals surface area contributed by atoms with Crippen molar-refractivity contribution in [1.82, 2.24) is 19.7 Å². The molecule has 0 spiro atoms. The van der Waals surface area contributed by atoms with Crippen LogP contribution in [0.25, 0.3) is 0 Å². The molecule has 17 heteroatoms. The summed E-state index contributed by atoms with van der Waals surface area (Å²) in [5.74, 6) is -2.01. The molecule has 3 aromatic rings. The molecule has 0 bridgehead atoms. The Morgan fingerprint density at radius 1 is 0.959 bits per heavy atom. The molecule has 2 aliphatic heterocycles. The number of nitrogens with zero attached hydrogens (tertiary/aromatic N) is 1. The summed E-state index contributed by atoms with van der Waals surface area (Å²) < 4.78 is 67.1. The number of benzene rings is 3. The summed E-state index contributed by atoms with van der Waals surface area (Å²) in [6, 6.07) is 13.0. The fourth-order valence-electron chi connectivity index (χ4n) is 5.53. The molecule has 2 atom stereocenters. The summed E-state index contributed by atoms with van der Waals surface area (Å²) >= 11 is 11.8. The van der Waals surface area contributed by atoms with E-state index in [1.165, 1.54) is 24.3 Å². The second-order valence-electron chi connectivity index (χ2n) is 11.2. The van der Waals surface area contributed by atoms with E-state index in [0.717, 1.165) is 4.31 Å². The Labute approximate surface area is 294 Å². The number of nitrogens with one attached hydrogen (secondary N) is 3. The summed E-state index contributed by atoms with van der Waals surface area (Å²) in [5.41, 5.74) is 1.02. The number of carbonyl (C=O) groups excluding carboxylic acids is 3. The quantitative estimate of drug-likeness (QED) is 0.175. The van der Waals surface area contributed by atoms with E-state index in [-0.39, 0.29) is 65.3 Å². The fraction of sp³-hybridized carbons (Fsp3) is 0.344. The molecule has 1 unspecified atom stereocenters. The van der Waals surface area contributed by atoms with Crippen molar-refractivity contribution >= 4 is 60.8 Å². The summed E-state index contributed by atoms with van der Waals surface area (Å²) in [4.78, 5) is 40.2. The van der Waals surface area contributed by atoms with E-state index >= 15 is 0 Å². The van der Waals surface area contributed by atoms with Crippen LogP contribution in [0.15, 0.2) is 70.5 Å². The zero-order valence-electron chi connectivity index (χ0n) is 26.3. The third-order valence-corrected chi connectivity index (χ3v) is 12.2. The van der Waals surface area contributed by atoms with E-state index in [0.29, 0.717) is 29.2 Å². The second kappa shape index (κ2) is 15.4. The number of ketones is 1. The Balaban J connectivity index is 1.26. The molecule has 0 fully saturated rings. The Morgan fingerprint density at radius 3 is 2.33 bits per heavy atom. The third-order valence-electron chi connectivity index (χ3n) is 7.96. The van der Waals surface area contributed by atoms with Crippen LogP contribution >= 0.6 is 23.2 Å². The van der Waals surface area contributed by atoms with Crippen molar-refractivity contribution in [2.45, 2.75) is 48.1 Å². The molecule has 262 valence electrons. The normalized spacial score (nSPS) is 17.4. The van der Waals surface area contributed by atoms with Gasteiger partial charge in [0.05, 0.1) is 19.8 Å². The van der Waals surface area contributed by atoms with Gasteiger partial charge in [-0.25, -0.2) is 21.6 Å². The molecule has 49 heavy (non-hydrogen) atoms. The Bertz CT molecular complexity index is 1960. The van der Waals surface area contributed by atoms with Crippen molar-refractivity contribution in [3.05, 3.63) is 81.8 Å². The second-order valence-corrected chi connectivity index (χ2v) is 15.7. The number of hydrogen-bond donors (Lipinski definition) is 3. The van der Waals surface area contributed by atoms with E-state index < -0.39 is 49.7 Å². The van der Waals surface area contributed by atoms with Crippen molar-refractivity contribution in [3.63, 3.8) is 0 Å². The minimum atomic E-state index is -4.13. The van der Waals surface area contributed by atoms with Crippen molar-refractivity contribution < 1.29 is 40.7 Å². The summed E-state index contributed by atoms with van der Waals surface area (Å²) in [6.07, 6.45) is 0.100. The number of Topliss-reactive ketones (excluding diaryl/α,β-unsaturated/α-hetero) is 1. The fourth-order valence-corrected chi connectivity index (χ4v) is 8.82. The average molecular weight is 754 g/mol. The SMILES string of the molecule is CCN1C(C(=O)N[C@@H](Cc2ccccc2)C(=O)C(=O)NCCCNS(=O)(=O)c2ccc(Cl)c(Cl)c2)Cc2cc3c(cc2S1(=O)=O)OCCO3. The molecular formula is C32H34Cl2N4O9S2. The van der Waals surface area contributed by atoms with Gasteiger partial charge < -0.3 is 20.1 Å². The van der Waals surface area contributed by atoms with Gasteiger partial charge in [0.2, 0.25) is 31.7 Å². The third kappa shape index (κ3) is 8.36. The molecule has 3 N–H and O–H groups in total. The molecule has 13 nitrogen and oxygen atoms in total. The van der Waals surface area contributed by atoms with E-state index in [1.807, 2.05) is 0 Å². The molecule has 2 heterocycles. The van der Waals surface area contributed by atoms with Crippen LogP contribution in [-0.2, 0) is 47.3 Å². The van der Waals surface area contributed by atoms with Crippen LogP contribution in [0.3, 0.4) is 0 Å². The molecule has 0 saturated carbocycles. The maximum Gasteiger partial charge on any atom is 0.289 e. The minimum Gasteiger partial charge on any atom is -0.486 e. The smallest absolute Gasteiger partial charge is 0.289 e. The number of carbonyl (C=O) groups is 3. The molecule has 2 aliphatic rings. The van der Waals surface area contributed by atoms with Crippen LogP contribution in [0.5, 0.6) is 11.5 Å². The molecule has 0 saturated heterocycles. The number of halogens is 2. The van der Waals surface area contributed by atoms with Gasteiger partial charge in [-0.2, -0.15) is 4.31 Å². The monoisotopic (exact) mass is 752 g/mol. The van der Waals surface area contributed by atoms with Gasteiger partial charge in [-0.05, 0) is 48.2 Å². The van der Waals surface area contributed by atoms with E-state index in [2.05, 4.69) is 15.4 Å². The van der Waals surface area contributed by atoms with E-state index in [1.54, 1.807) is 43.3 Å². The first-order chi connectivity index (χ1) is 23.3. The predicted octanol–water partition coefficient (Wildman–Crippen LogP) is 2.48. The molecule has 3 aromatic carbocycles. The Morgan fingerprint density at radius 2 is 1.65 bits per heavy atom. The zero-order chi connectivity index (χ0) is 35.3. The van der Waals surface area contributed by atoms with Gasteiger partial charge in [0.25, 0.3) is 5.91 Å². The number of hydrogen-bond acceptors (Lipinski definition) is 9. The molecule has 5 rings (SSSR count). The summed E-state index contributed by atoms with van der Waals surface area (Å²) in [5, 5.41) is 5.39. The number of sulfonamides is 2. The number of likely N-dealkylation sites (N-methyl/N-ethyl adjacent to an activating group) is 1. The predicted molar refractivity (Wildman–Crippen MR) is 181 cm³/mol. The lowest BCUT2D eigenvalue weighted by Crippen LogP contribution is -2.57. The van der Waals surface area contributed by atoms with Crippen LogP contribution in [0, 0.1) is 0 Å². The molecular weight excluding hydrogens is 719 g/mol. The molecule has 0 aromatic heterocycles. The Kier molecular flexibility index (Phi) is 11.5. The number of ether oxygens (including phenoxy) is 2. The first-order valence-corrected chi connectivity index (χ1v) is 19.0. The number of amides is 2. The number of rotatable bonds is 13. The van der Waals surface area contributed by atoms with Gasteiger partial charge in [-0.15, -0.1) is 0 Å². The maximum atomic E-state index is 13.8. The lowest BCUT2D eigenvalue weighted by atomic mass is 9.99. The van der Waals surface area contributed by atoms with E-state index in [4.69, 9.17) is 32.7 Å². The highest BCUT2D eigenvalue weighted by Crippen LogP contribution is 2.39. The van der Waals surface area contributed by atoms with Gasteiger partial charge >= 0.3 is 0 Å². The van der Waals surface area contributed by atoms with Crippen LogP contribution < -0.4 is 24.8 Å². The summed E-state index contributed by atoms with van der Waals surface area (Å²) in [7, 11) is -8.04. The first kappa shape index (κ1) is 36.5. The molecule has 2 amide bonds. The highest BCUT2D eigenvalue weighted by atomic mass is 35.5. The first-order valence-electron chi connectivity index (χ1n) is 15.4. The number of fused-ring (bicyclic) bond motifs is 2. The van der Waals surface area contributed by atoms with Gasteiger partial charge in [-0.1, -0.05) is 60.5 Å². The average Bonchev–Trinajstić information content (AvgIpc) is 3.08. The lowest BCUT2D eigenvalue weighted by molar-refractivity contribution is -0.140. The van der Waals surface area contributed by atoms with Crippen molar-refractivity contribution in [2.24, 2.45) is 0 Å². The van der Waals surface area contributed by atoms with E-state index in [9.17, 15) is 31.2 Å². The highest BCUT2D eigenvalue weighted by Gasteiger charge is 2.43. The molecule has 0 aliphatic carbocycles. The maximum absolute atomic E-state index is 13.8. The lowest BCUT2D eigenvalue weighted by Gasteiger charge is -2.35. The van der Waals surface area contributed by atoms with Crippen molar-refractivity contribution in [2.75, 3.05) is 32.8 Å². The largest absolute Gasteiger partial charge is 0.486 e. The van der Waals surface area contributed by atoms with Crippen LogP contribution in [0.4, 0.5) is 0 Å². The Hall–Kier alpha value is -3.73. The highest BCUT2D eigenvalue weighted by molar-refractivity contribution is 7.89. The van der Waals surface area contributed by atoms with Crippen molar-refractivity contribution in [3.8, 4) is 11.5 Å². The van der Waals surface area contributed by atoms with Crippen LogP contribution in [0.2, 0.25) is 10.0 Å². The van der Waals surface area contributed by atoms with Gasteiger partial charge in [0.15, 0.2) is 11.5 Å². The minimum absolute atomic E-state index is 0.00144. The standard InChI is InChI=1S/C32H34Cl2N4O9S2/c1-2-38-26(16-21-17-27-28(47-14-13-46-27)19-29(21)49(38,44)45)31(40)37-25(15-20-7-4-3-5-8-20)30(39)32(41)35-11-6-12-36-48(42,43)22-9-10-23(33)24(34)18-22/h3-5,7-10,17-19,25-26,36H,2,6,11-16H2,1H3,(H,35,41)(H,37,40)/t25-,26?/m0/s1. The van der Waals surface area contributed by atoms with Gasteiger partial charge in [0.1, 0.15) is 25.3 Å². The zero-order valence-corrected chi connectivity index (χ0v) is 29.4. The van der Waals surface area contributed by atoms with Crippen LogP contribution in [0.1, 0.15) is 24.5 Å². The van der Waals surface area contributed by atoms with Gasteiger partial charge in [0, 0.05) is 32.1 Å². The molecule has 0 radical (unpaired) electrons. The van der Waals surface area contributed by atoms with Crippen LogP contribution in [-0.4, -0.2) is 83.7 Å². The topological polar surface area (TPSA) is 177 Å². The summed E-state index contributed by atoms with van der Waals surface area (Å²) in [6.45, 7) is 2.03.